The largest absolute Gasteiger partial charge is 0.326 e. The smallest absolute Gasteiger partial charge is 0.272 e. The molecule has 9 heteroatoms. The van der Waals surface area contributed by atoms with Crippen LogP contribution in [0.1, 0.15) is 25.0 Å². The minimum Gasteiger partial charge on any atom is -0.326 e. The normalized spacial score (nSPS) is 11.9. The van der Waals surface area contributed by atoms with Crippen molar-refractivity contribution in [3.63, 3.8) is 0 Å². The van der Waals surface area contributed by atoms with Crippen LogP contribution in [0.2, 0.25) is 0 Å². The maximum absolute atomic E-state index is 13.7. The van der Waals surface area contributed by atoms with E-state index >= 15 is 0 Å². The Kier molecular flexibility index (Phi) is 6.27. The van der Waals surface area contributed by atoms with Crippen molar-refractivity contribution in [2.24, 2.45) is 11.7 Å². The first-order valence-corrected chi connectivity index (χ1v) is 9.86. The van der Waals surface area contributed by atoms with Crippen LogP contribution in [0.4, 0.5) is 4.39 Å². The molecule has 0 atom stereocenters. The maximum atomic E-state index is 13.7. The van der Waals surface area contributed by atoms with Gasteiger partial charge >= 0.3 is 0 Å². The second-order valence-electron chi connectivity index (χ2n) is 6.41. The van der Waals surface area contributed by atoms with Crippen LogP contribution in [0, 0.1) is 11.7 Å². The third-order valence-electron chi connectivity index (χ3n) is 3.58. The van der Waals surface area contributed by atoms with Crippen LogP contribution in [-0.4, -0.2) is 24.5 Å². The van der Waals surface area contributed by atoms with E-state index in [0.29, 0.717) is 23.4 Å². The fraction of sp³-hybridized carbons (Fsp3) is 0.412. The van der Waals surface area contributed by atoms with Crippen LogP contribution in [0.3, 0.4) is 0 Å². The molecule has 26 heavy (non-hydrogen) atoms. The van der Waals surface area contributed by atoms with Crippen LogP contribution in [-0.2, 0) is 34.0 Å². The first-order valence-electron chi connectivity index (χ1n) is 8.05. The van der Waals surface area contributed by atoms with Gasteiger partial charge in [0, 0.05) is 29.8 Å². The van der Waals surface area contributed by atoms with Gasteiger partial charge in [0.2, 0.25) is 0 Å². The number of hydrogen-bond acceptors (Lipinski definition) is 6. The fourth-order valence-electron chi connectivity index (χ4n) is 2.37. The highest BCUT2D eigenvalue weighted by Crippen LogP contribution is 2.21. The number of nitrogens with zero attached hydrogens (tertiary/aromatic N) is 2. The molecule has 1 aromatic heterocycles. The molecule has 0 unspecified atom stereocenters. The van der Waals surface area contributed by atoms with Crippen LogP contribution in [0.15, 0.2) is 29.1 Å². The summed E-state index contributed by atoms with van der Waals surface area (Å²) in [7, 11) is -3.70. The Balaban J connectivity index is 2.56. The van der Waals surface area contributed by atoms with Gasteiger partial charge in [-0.1, -0.05) is 13.8 Å². The lowest BCUT2D eigenvalue weighted by Crippen LogP contribution is -2.29. The Labute approximate surface area is 151 Å². The Morgan fingerprint density at radius 1 is 1.27 bits per heavy atom. The molecule has 7 nitrogen and oxygen atoms in total. The van der Waals surface area contributed by atoms with E-state index in [1.807, 2.05) is 13.8 Å². The van der Waals surface area contributed by atoms with E-state index in [2.05, 4.69) is 5.10 Å². The predicted molar refractivity (Wildman–Crippen MR) is 96.3 cm³/mol. The van der Waals surface area contributed by atoms with Gasteiger partial charge in [-0.25, -0.2) is 9.07 Å². The molecule has 0 aliphatic carbocycles. The average molecular weight is 383 g/mol. The standard InChI is InChI=1S/C17H22FN3O4S/c1-11(2)9-21-17(22)14(10-25-26(3,23)24)7-16(20-21)12-4-5-15(18)13(6-12)8-19/h4-7,11H,8-10,19H2,1-3H3. The summed E-state index contributed by atoms with van der Waals surface area (Å²) in [5.41, 5.74) is 6.57. The highest BCUT2D eigenvalue weighted by molar-refractivity contribution is 7.85. The third kappa shape index (κ3) is 5.20. The van der Waals surface area contributed by atoms with E-state index in [1.54, 1.807) is 6.07 Å². The van der Waals surface area contributed by atoms with Crippen molar-refractivity contribution < 1.29 is 17.0 Å². The molecule has 1 heterocycles. The molecule has 1 aromatic carbocycles. The van der Waals surface area contributed by atoms with Gasteiger partial charge in [-0.15, -0.1) is 0 Å². The number of nitrogens with two attached hydrogens (primary N) is 1. The SMILES string of the molecule is CC(C)Cn1nc(-c2ccc(F)c(CN)c2)cc(COS(C)(=O)=O)c1=O. The van der Waals surface area contributed by atoms with Crippen LogP contribution < -0.4 is 11.3 Å². The lowest BCUT2D eigenvalue weighted by molar-refractivity contribution is 0.307. The fourth-order valence-corrected chi connectivity index (χ4v) is 2.71. The molecule has 0 spiro atoms. The van der Waals surface area contributed by atoms with Crippen molar-refractivity contribution >= 4 is 10.1 Å². The van der Waals surface area contributed by atoms with Crippen molar-refractivity contribution in [1.82, 2.24) is 9.78 Å². The van der Waals surface area contributed by atoms with E-state index in [-0.39, 0.29) is 18.0 Å². The molecule has 0 saturated carbocycles. The molecule has 2 N–H and O–H groups in total. The van der Waals surface area contributed by atoms with Gasteiger partial charge in [-0.05, 0) is 30.2 Å². The van der Waals surface area contributed by atoms with E-state index in [4.69, 9.17) is 9.92 Å². The average Bonchev–Trinajstić information content (AvgIpc) is 2.55. The quantitative estimate of drug-likeness (QED) is 0.729. The van der Waals surface area contributed by atoms with Crippen molar-refractivity contribution in [3.8, 4) is 11.3 Å². The van der Waals surface area contributed by atoms with E-state index in [9.17, 15) is 17.6 Å². The first-order chi connectivity index (χ1) is 12.1. The zero-order valence-electron chi connectivity index (χ0n) is 14.9. The maximum Gasteiger partial charge on any atom is 0.272 e. The number of hydrogen-bond donors (Lipinski definition) is 1. The summed E-state index contributed by atoms with van der Waals surface area (Å²) in [6.07, 6.45) is 0.912. The van der Waals surface area contributed by atoms with Crippen molar-refractivity contribution in [1.29, 1.82) is 0 Å². The van der Waals surface area contributed by atoms with E-state index in [1.165, 1.54) is 22.9 Å². The Hall–Kier alpha value is -2.10. The topological polar surface area (TPSA) is 104 Å². The van der Waals surface area contributed by atoms with Gasteiger partial charge in [0.1, 0.15) is 5.82 Å². The van der Waals surface area contributed by atoms with Gasteiger partial charge in [-0.2, -0.15) is 13.5 Å². The molecule has 0 aliphatic heterocycles. The molecule has 0 fully saturated rings. The van der Waals surface area contributed by atoms with Crippen molar-refractivity contribution in [3.05, 3.63) is 51.6 Å². The minimum atomic E-state index is -3.70. The second-order valence-corrected chi connectivity index (χ2v) is 8.06. The molecule has 2 rings (SSSR count). The predicted octanol–water partition coefficient (Wildman–Crippen LogP) is 1.64. The van der Waals surface area contributed by atoms with Gasteiger partial charge in [-0.3, -0.25) is 8.98 Å². The summed E-state index contributed by atoms with van der Waals surface area (Å²) in [4.78, 5) is 12.5. The van der Waals surface area contributed by atoms with Gasteiger partial charge in [0.05, 0.1) is 18.6 Å². The molecule has 0 radical (unpaired) electrons. The first kappa shape index (κ1) is 20.2. The molecule has 142 valence electrons. The van der Waals surface area contributed by atoms with Gasteiger partial charge in [0.25, 0.3) is 15.7 Å². The summed E-state index contributed by atoms with van der Waals surface area (Å²) in [6.45, 7) is 3.84. The number of benzene rings is 1. The Morgan fingerprint density at radius 3 is 2.54 bits per heavy atom. The lowest BCUT2D eigenvalue weighted by Gasteiger charge is -2.13. The summed E-state index contributed by atoms with van der Waals surface area (Å²) in [5.74, 6) is -0.278. The van der Waals surface area contributed by atoms with Crippen molar-refractivity contribution in [2.45, 2.75) is 33.5 Å². The number of halogens is 1. The minimum absolute atomic E-state index is 0.0232. The molecule has 2 aromatic rings. The Morgan fingerprint density at radius 2 is 1.96 bits per heavy atom. The van der Waals surface area contributed by atoms with Crippen LogP contribution in [0.5, 0.6) is 0 Å². The molecule has 0 saturated heterocycles. The molecular formula is C17H22FN3O4S. The van der Waals surface area contributed by atoms with Crippen LogP contribution in [0.25, 0.3) is 11.3 Å². The zero-order valence-corrected chi connectivity index (χ0v) is 15.7. The summed E-state index contributed by atoms with van der Waals surface area (Å²) >= 11 is 0. The zero-order chi connectivity index (χ0) is 19.5. The Bertz CT molecular complexity index is 955. The third-order valence-corrected chi connectivity index (χ3v) is 4.12. The molecule has 0 aliphatic rings. The summed E-state index contributed by atoms with van der Waals surface area (Å²) < 4.78 is 42.2. The lowest BCUT2D eigenvalue weighted by atomic mass is 10.1. The summed E-state index contributed by atoms with van der Waals surface area (Å²) in [5, 5.41) is 4.33. The highest BCUT2D eigenvalue weighted by atomic mass is 32.2. The highest BCUT2D eigenvalue weighted by Gasteiger charge is 2.14. The van der Waals surface area contributed by atoms with Gasteiger partial charge in [0.15, 0.2) is 0 Å². The van der Waals surface area contributed by atoms with Gasteiger partial charge < -0.3 is 5.73 Å². The number of aromatic nitrogens is 2. The molecular weight excluding hydrogens is 361 g/mol. The second kappa shape index (κ2) is 8.07. The molecule has 0 amide bonds. The van der Waals surface area contributed by atoms with E-state index < -0.39 is 28.1 Å². The monoisotopic (exact) mass is 383 g/mol. The number of rotatable bonds is 7. The molecule has 0 bridgehead atoms. The van der Waals surface area contributed by atoms with E-state index in [0.717, 1.165) is 6.26 Å². The van der Waals surface area contributed by atoms with Crippen molar-refractivity contribution in [2.75, 3.05) is 6.26 Å². The summed E-state index contributed by atoms with van der Waals surface area (Å²) in [6, 6.07) is 5.83. The van der Waals surface area contributed by atoms with Crippen LogP contribution >= 0.6 is 0 Å².